The molecule has 1 amide bonds. The van der Waals surface area contributed by atoms with Crippen LogP contribution < -0.4 is 5.32 Å². The summed E-state index contributed by atoms with van der Waals surface area (Å²) in [6.07, 6.45) is 1.92. The molecular weight excluding hydrogens is 286 g/mol. The molecule has 0 saturated carbocycles. The van der Waals surface area contributed by atoms with Gasteiger partial charge < -0.3 is 9.09 Å². The molecule has 6 heteroatoms. The van der Waals surface area contributed by atoms with Crippen molar-refractivity contribution in [2.45, 2.75) is 18.1 Å². The van der Waals surface area contributed by atoms with Gasteiger partial charge in [-0.2, -0.15) is 11.8 Å². The Morgan fingerprint density at radius 3 is 3.19 bits per heavy atom. The van der Waals surface area contributed by atoms with Gasteiger partial charge in [-0.05, 0) is 17.5 Å². The monoisotopic (exact) mass is 299 g/mol. The van der Waals surface area contributed by atoms with Crippen LogP contribution in [0.5, 0.6) is 0 Å². The molecule has 1 aliphatic heterocycles. The molecule has 0 aliphatic carbocycles. The van der Waals surface area contributed by atoms with Crippen LogP contribution in [0.15, 0.2) is 41.1 Å². The molecular formula is C15H13N3O2S. The minimum absolute atomic E-state index is 0.104. The van der Waals surface area contributed by atoms with E-state index in [0.717, 1.165) is 33.7 Å². The molecule has 3 aromatic rings. The second-order valence-electron chi connectivity index (χ2n) is 4.98. The molecule has 5 nitrogen and oxygen atoms in total. The first-order valence-electron chi connectivity index (χ1n) is 6.70. The van der Waals surface area contributed by atoms with E-state index < -0.39 is 0 Å². The molecule has 0 fully saturated rings. The van der Waals surface area contributed by atoms with Gasteiger partial charge in [0.2, 0.25) is 11.8 Å². The number of nitrogens with one attached hydrogen (secondary N) is 1. The summed E-state index contributed by atoms with van der Waals surface area (Å²) >= 11 is 1.78. The fraction of sp³-hybridized carbons (Fsp3) is 0.200. The van der Waals surface area contributed by atoms with Crippen LogP contribution in [0.4, 0.5) is 5.88 Å². The number of hydrogen-bond donors (Lipinski definition) is 1. The highest BCUT2D eigenvalue weighted by atomic mass is 32.2. The Hall–Kier alpha value is -2.21. The fourth-order valence-electron chi connectivity index (χ4n) is 2.55. The molecule has 21 heavy (non-hydrogen) atoms. The first-order valence-corrected chi connectivity index (χ1v) is 7.85. The number of amides is 1. The van der Waals surface area contributed by atoms with Crippen molar-refractivity contribution in [2.75, 3.05) is 5.32 Å². The van der Waals surface area contributed by atoms with Crippen LogP contribution >= 0.6 is 11.8 Å². The van der Waals surface area contributed by atoms with Crippen molar-refractivity contribution in [1.82, 2.24) is 9.72 Å². The van der Waals surface area contributed by atoms with E-state index in [1.54, 1.807) is 11.8 Å². The number of thioether (sulfide) groups is 1. The molecule has 0 radical (unpaired) electrons. The first-order chi connectivity index (χ1) is 10.3. The standard InChI is InChI=1S/C15H13N3O2S/c19-14(16-15-11-8-21-9-12(11)17-20-15)7-18-6-5-10-3-1-2-4-13(10)18/h1-6H,7-9H2,(H,16,19). The normalized spacial score (nSPS) is 13.5. The first kappa shape index (κ1) is 12.5. The average molecular weight is 299 g/mol. The molecule has 1 aromatic carbocycles. The van der Waals surface area contributed by atoms with Crippen LogP contribution in [0.1, 0.15) is 11.3 Å². The van der Waals surface area contributed by atoms with Gasteiger partial charge in [-0.3, -0.25) is 10.1 Å². The van der Waals surface area contributed by atoms with Crippen LogP contribution in [0.3, 0.4) is 0 Å². The van der Waals surface area contributed by atoms with Crippen molar-refractivity contribution in [2.24, 2.45) is 0 Å². The van der Waals surface area contributed by atoms with Crippen LogP contribution in [-0.2, 0) is 22.8 Å². The Balaban J connectivity index is 1.53. The van der Waals surface area contributed by atoms with Gasteiger partial charge in [0, 0.05) is 23.2 Å². The Kier molecular flexibility index (Phi) is 2.96. The largest absolute Gasteiger partial charge is 0.338 e. The summed E-state index contributed by atoms with van der Waals surface area (Å²) in [7, 11) is 0. The summed E-state index contributed by atoms with van der Waals surface area (Å²) in [6, 6.07) is 10.0. The lowest BCUT2D eigenvalue weighted by Crippen LogP contribution is -2.18. The van der Waals surface area contributed by atoms with Gasteiger partial charge in [-0.25, -0.2) is 0 Å². The van der Waals surface area contributed by atoms with Crippen molar-refractivity contribution >= 4 is 34.5 Å². The van der Waals surface area contributed by atoms with E-state index in [1.807, 2.05) is 41.1 Å². The second-order valence-corrected chi connectivity index (χ2v) is 5.97. The van der Waals surface area contributed by atoms with Crippen LogP contribution in [0, 0.1) is 0 Å². The third kappa shape index (κ3) is 2.21. The molecule has 1 N–H and O–H groups in total. The molecule has 0 bridgehead atoms. The minimum atomic E-state index is -0.104. The number of para-hydroxylation sites is 1. The maximum Gasteiger partial charge on any atom is 0.246 e. The lowest BCUT2D eigenvalue weighted by molar-refractivity contribution is -0.116. The topological polar surface area (TPSA) is 60.1 Å². The number of hydrogen-bond acceptors (Lipinski definition) is 4. The zero-order valence-electron chi connectivity index (χ0n) is 11.2. The molecule has 3 heterocycles. The predicted octanol–water partition coefficient (Wildman–Crippen LogP) is 3.01. The summed E-state index contributed by atoms with van der Waals surface area (Å²) in [5.74, 6) is 2.10. The minimum Gasteiger partial charge on any atom is -0.338 e. The molecule has 106 valence electrons. The molecule has 1 aliphatic rings. The third-order valence-electron chi connectivity index (χ3n) is 3.60. The number of rotatable bonds is 3. The van der Waals surface area contributed by atoms with E-state index in [9.17, 15) is 4.79 Å². The molecule has 0 saturated heterocycles. The van der Waals surface area contributed by atoms with E-state index in [-0.39, 0.29) is 12.5 Å². The van der Waals surface area contributed by atoms with Crippen LogP contribution in [0.2, 0.25) is 0 Å². The van der Waals surface area contributed by atoms with Gasteiger partial charge in [0.25, 0.3) is 0 Å². The zero-order chi connectivity index (χ0) is 14.2. The van der Waals surface area contributed by atoms with E-state index in [1.165, 1.54) is 0 Å². The van der Waals surface area contributed by atoms with Gasteiger partial charge in [-0.15, -0.1) is 0 Å². The zero-order valence-corrected chi connectivity index (χ0v) is 12.0. The molecule has 0 atom stereocenters. The van der Waals surface area contributed by atoms with Gasteiger partial charge >= 0.3 is 0 Å². The summed E-state index contributed by atoms with van der Waals surface area (Å²) in [5.41, 5.74) is 3.01. The Bertz CT molecular complexity index is 821. The van der Waals surface area contributed by atoms with E-state index in [4.69, 9.17) is 4.52 Å². The number of aromatic nitrogens is 2. The number of nitrogens with zero attached hydrogens (tertiary/aromatic N) is 2. The highest BCUT2D eigenvalue weighted by Crippen LogP contribution is 2.34. The molecule has 4 rings (SSSR count). The molecule has 0 unspecified atom stereocenters. The Morgan fingerprint density at radius 2 is 2.24 bits per heavy atom. The Labute approximate surface area is 125 Å². The second kappa shape index (κ2) is 4.96. The SMILES string of the molecule is O=C(Cn1ccc2ccccc21)Nc1onc2c1CSC2. The lowest BCUT2D eigenvalue weighted by Gasteiger charge is -2.05. The van der Waals surface area contributed by atoms with Crippen molar-refractivity contribution in [3.05, 3.63) is 47.8 Å². The quantitative estimate of drug-likeness (QED) is 0.807. The number of fused-ring (bicyclic) bond motifs is 2. The maximum atomic E-state index is 12.2. The number of benzene rings is 1. The predicted molar refractivity (Wildman–Crippen MR) is 82.1 cm³/mol. The highest BCUT2D eigenvalue weighted by molar-refractivity contribution is 7.98. The smallest absolute Gasteiger partial charge is 0.246 e. The van der Waals surface area contributed by atoms with Gasteiger partial charge in [0.05, 0.1) is 11.3 Å². The number of carbonyl (C=O) groups excluding carboxylic acids is 1. The van der Waals surface area contributed by atoms with Gasteiger partial charge in [0.15, 0.2) is 0 Å². The highest BCUT2D eigenvalue weighted by Gasteiger charge is 2.22. The van der Waals surface area contributed by atoms with E-state index >= 15 is 0 Å². The van der Waals surface area contributed by atoms with Crippen molar-refractivity contribution in [1.29, 1.82) is 0 Å². The van der Waals surface area contributed by atoms with Crippen LogP contribution in [0.25, 0.3) is 10.9 Å². The summed E-state index contributed by atoms with van der Waals surface area (Å²) in [5, 5.41) is 7.93. The Morgan fingerprint density at radius 1 is 1.33 bits per heavy atom. The fourth-order valence-corrected chi connectivity index (χ4v) is 3.58. The van der Waals surface area contributed by atoms with E-state index in [2.05, 4.69) is 10.5 Å². The van der Waals surface area contributed by atoms with Crippen molar-refractivity contribution < 1.29 is 9.32 Å². The van der Waals surface area contributed by atoms with Gasteiger partial charge in [-0.1, -0.05) is 23.4 Å². The summed E-state index contributed by atoms with van der Waals surface area (Å²) in [4.78, 5) is 12.2. The third-order valence-corrected chi connectivity index (χ3v) is 4.57. The maximum absolute atomic E-state index is 12.2. The van der Waals surface area contributed by atoms with Gasteiger partial charge in [0.1, 0.15) is 6.54 Å². The average Bonchev–Trinajstić information content (AvgIpc) is 3.17. The number of anilines is 1. The molecule has 2 aromatic heterocycles. The lowest BCUT2D eigenvalue weighted by atomic mass is 10.2. The summed E-state index contributed by atoms with van der Waals surface area (Å²) < 4.78 is 7.14. The van der Waals surface area contributed by atoms with Crippen molar-refractivity contribution in [3.8, 4) is 0 Å². The molecule has 0 spiro atoms. The van der Waals surface area contributed by atoms with E-state index in [0.29, 0.717) is 5.88 Å². The number of carbonyl (C=O) groups is 1. The van der Waals surface area contributed by atoms with Crippen LogP contribution in [-0.4, -0.2) is 15.6 Å². The van der Waals surface area contributed by atoms with Crippen molar-refractivity contribution in [3.63, 3.8) is 0 Å². The summed E-state index contributed by atoms with van der Waals surface area (Å²) in [6.45, 7) is 0.260.